The molecule has 9 nitrogen and oxygen atoms in total. The summed E-state index contributed by atoms with van der Waals surface area (Å²) in [4.78, 5) is 49.3. The number of nitrogens with one attached hydrogen (secondary N) is 2. The van der Waals surface area contributed by atoms with Gasteiger partial charge >= 0.3 is 0 Å². The number of H-pyrrole nitrogens is 1. The highest BCUT2D eigenvalue weighted by Gasteiger charge is 2.66. The highest BCUT2D eigenvalue weighted by atomic mass is 16.5. The van der Waals surface area contributed by atoms with E-state index in [9.17, 15) is 14.4 Å². The van der Waals surface area contributed by atoms with E-state index in [0.717, 1.165) is 18.5 Å². The van der Waals surface area contributed by atoms with E-state index in [0.29, 0.717) is 37.7 Å². The zero-order valence-corrected chi connectivity index (χ0v) is 18.2. The predicted octanol–water partition coefficient (Wildman–Crippen LogP) is 0.274. The summed E-state index contributed by atoms with van der Waals surface area (Å²) in [7, 11) is 0. The molecule has 2 amide bonds. The Hall–Kier alpha value is -2.68. The number of carbonyl (C=O) groups excluding carboxylic acids is 2. The number of anilines is 1. The fraction of sp³-hybridized carbons (Fsp3) is 0.636. The van der Waals surface area contributed by atoms with Crippen molar-refractivity contribution in [2.45, 2.75) is 51.4 Å². The van der Waals surface area contributed by atoms with Gasteiger partial charge in [0, 0.05) is 36.9 Å². The predicted molar refractivity (Wildman–Crippen MR) is 114 cm³/mol. The van der Waals surface area contributed by atoms with Gasteiger partial charge in [0.05, 0.1) is 24.5 Å². The third-order valence-electron chi connectivity index (χ3n) is 7.39. The summed E-state index contributed by atoms with van der Waals surface area (Å²) in [5.41, 5.74) is 0.617. The van der Waals surface area contributed by atoms with Gasteiger partial charge in [-0.2, -0.15) is 0 Å². The molecule has 1 spiro atoms. The largest absolute Gasteiger partial charge is 0.360 e. The SMILES string of the molecule is CCN1C[C@@]23C=C[C@@H](O2)[C@H](C(=O)NC2CCN(c4nc(C)c(C)c(=O)[nH]4)CC2)[C@@H]3C1=O. The number of likely N-dealkylation sites (tertiary alicyclic amines) is 1. The molecule has 3 saturated heterocycles. The lowest BCUT2D eigenvalue weighted by Crippen LogP contribution is -2.50. The van der Waals surface area contributed by atoms with E-state index < -0.39 is 17.4 Å². The summed E-state index contributed by atoms with van der Waals surface area (Å²) < 4.78 is 6.13. The molecule has 1 aromatic rings. The fourth-order valence-electron chi connectivity index (χ4n) is 5.46. The van der Waals surface area contributed by atoms with Crippen LogP contribution in [-0.4, -0.2) is 70.6 Å². The van der Waals surface area contributed by atoms with E-state index in [4.69, 9.17) is 4.74 Å². The number of amides is 2. The molecule has 5 heterocycles. The molecule has 0 radical (unpaired) electrons. The van der Waals surface area contributed by atoms with Crippen molar-refractivity contribution >= 4 is 17.8 Å². The lowest BCUT2D eigenvalue weighted by atomic mass is 9.76. The quantitative estimate of drug-likeness (QED) is 0.668. The van der Waals surface area contributed by atoms with Gasteiger partial charge in [-0.05, 0) is 33.6 Å². The van der Waals surface area contributed by atoms with Crippen molar-refractivity contribution in [3.05, 3.63) is 33.8 Å². The number of likely N-dealkylation sites (N-methyl/N-ethyl adjacent to an activating group) is 1. The summed E-state index contributed by atoms with van der Waals surface area (Å²) in [6.07, 6.45) is 5.10. The lowest BCUT2D eigenvalue weighted by Gasteiger charge is -2.34. The Morgan fingerprint density at radius 1 is 1.32 bits per heavy atom. The maximum absolute atomic E-state index is 13.2. The third kappa shape index (κ3) is 3.09. The minimum Gasteiger partial charge on any atom is -0.360 e. The van der Waals surface area contributed by atoms with Crippen LogP contribution in [0.4, 0.5) is 5.95 Å². The maximum atomic E-state index is 13.2. The van der Waals surface area contributed by atoms with Crippen LogP contribution in [0, 0.1) is 25.7 Å². The first-order valence-corrected chi connectivity index (χ1v) is 11.1. The normalized spacial score (nSPS) is 32.1. The van der Waals surface area contributed by atoms with Gasteiger partial charge in [-0.15, -0.1) is 0 Å². The molecule has 2 bridgehead atoms. The molecule has 2 N–H and O–H groups in total. The number of carbonyl (C=O) groups is 2. The van der Waals surface area contributed by atoms with Crippen LogP contribution in [0.5, 0.6) is 0 Å². The second-order valence-corrected chi connectivity index (χ2v) is 9.12. The molecule has 9 heteroatoms. The van der Waals surface area contributed by atoms with Crippen molar-refractivity contribution in [2.24, 2.45) is 11.8 Å². The lowest BCUT2D eigenvalue weighted by molar-refractivity contribution is -0.137. The number of hydrogen-bond donors (Lipinski definition) is 2. The number of fused-ring (bicyclic) bond motifs is 1. The molecule has 166 valence electrons. The van der Waals surface area contributed by atoms with Gasteiger partial charge in [-0.3, -0.25) is 19.4 Å². The Morgan fingerprint density at radius 2 is 2.06 bits per heavy atom. The second kappa shape index (κ2) is 7.19. The van der Waals surface area contributed by atoms with E-state index in [2.05, 4.69) is 20.2 Å². The van der Waals surface area contributed by atoms with Crippen LogP contribution in [-0.2, 0) is 14.3 Å². The Balaban J connectivity index is 1.23. The van der Waals surface area contributed by atoms with E-state index in [-0.39, 0.29) is 29.5 Å². The minimum absolute atomic E-state index is 0.0223. The Kier molecular flexibility index (Phi) is 4.69. The van der Waals surface area contributed by atoms with Gasteiger partial charge in [0.1, 0.15) is 5.60 Å². The molecule has 4 atom stereocenters. The van der Waals surface area contributed by atoms with Crippen LogP contribution in [0.1, 0.15) is 31.0 Å². The summed E-state index contributed by atoms with van der Waals surface area (Å²) in [6, 6.07) is 0.0276. The third-order valence-corrected chi connectivity index (χ3v) is 7.39. The van der Waals surface area contributed by atoms with Gasteiger partial charge in [0.25, 0.3) is 5.56 Å². The van der Waals surface area contributed by atoms with Gasteiger partial charge in [0.15, 0.2) is 0 Å². The molecule has 4 aliphatic rings. The number of rotatable bonds is 4. The Labute approximate surface area is 180 Å². The number of aryl methyl sites for hydroxylation is 1. The van der Waals surface area contributed by atoms with Crippen LogP contribution in [0.15, 0.2) is 16.9 Å². The Morgan fingerprint density at radius 3 is 2.74 bits per heavy atom. The molecule has 0 aliphatic carbocycles. The number of nitrogens with zero attached hydrogens (tertiary/aromatic N) is 3. The van der Waals surface area contributed by atoms with Gasteiger partial charge in [-0.1, -0.05) is 12.2 Å². The molecule has 4 aliphatic heterocycles. The zero-order chi connectivity index (χ0) is 21.9. The molecule has 1 aromatic heterocycles. The van der Waals surface area contributed by atoms with Crippen molar-refractivity contribution < 1.29 is 14.3 Å². The summed E-state index contributed by atoms with van der Waals surface area (Å²) in [5, 5.41) is 3.17. The zero-order valence-electron chi connectivity index (χ0n) is 18.2. The average Bonchev–Trinajstić information content (AvgIpc) is 3.40. The molecule has 0 aromatic carbocycles. The van der Waals surface area contributed by atoms with E-state index in [1.165, 1.54) is 0 Å². The van der Waals surface area contributed by atoms with Crippen molar-refractivity contribution in [2.75, 3.05) is 31.1 Å². The van der Waals surface area contributed by atoms with Gasteiger partial charge < -0.3 is 19.9 Å². The van der Waals surface area contributed by atoms with Crippen LogP contribution >= 0.6 is 0 Å². The van der Waals surface area contributed by atoms with E-state index in [1.54, 1.807) is 11.8 Å². The number of piperidine rings is 1. The number of aromatic amines is 1. The fourth-order valence-corrected chi connectivity index (χ4v) is 5.46. The highest BCUT2D eigenvalue weighted by molar-refractivity contribution is 5.93. The van der Waals surface area contributed by atoms with Crippen molar-refractivity contribution in [1.82, 2.24) is 20.2 Å². The van der Waals surface area contributed by atoms with Crippen molar-refractivity contribution in [3.63, 3.8) is 0 Å². The minimum atomic E-state index is -0.635. The Bertz CT molecular complexity index is 1010. The van der Waals surface area contributed by atoms with Gasteiger partial charge in [0.2, 0.25) is 17.8 Å². The van der Waals surface area contributed by atoms with Gasteiger partial charge in [-0.25, -0.2) is 4.98 Å². The summed E-state index contributed by atoms with van der Waals surface area (Å²) >= 11 is 0. The molecule has 0 unspecified atom stereocenters. The number of hydrogen-bond acceptors (Lipinski definition) is 6. The second-order valence-electron chi connectivity index (χ2n) is 9.12. The maximum Gasteiger partial charge on any atom is 0.255 e. The molecule has 3 fully saturated rings. The van der Waals surface area contributed by atoms with Crippen molar-refractivity contribution in [1.29, 1.82) is 0 Å². The number of aromatic nitrogens is 2. The van der Waals surface area contributed by atoms with Crippen LogP contribution in [0.25, 0.3) is 0 Å². The topological polar surface area (TPSA) is 108 Å². The van der Waals surface area contributed by atoms with Crippen LogP contribution in [0.3, 0.4) is 0 Å². The van der Waals surface area contributed by atoms with E-state index >= 15 is 0 Å². The smallest absolute Gasteiger partial charge is 0.255 e. The molecular formula is C22H29N5O4. The standard InChI is InChI=1S/C22H29N5O4/c1-4-26-11-22-8-5-15(31-22)16(17(22)20(26)30)19(29)24-14-6-9-27(10-7-14)21-23-13(3)12(2)18(28)25-21/h5,8,14-17H,4,6-7,9-11H2,1-3H3,(H,24,29)(H,23,25,28)/t15-,16+,17-,22-/m1/s1. The first-order valence-electron chi connectivity index (χ1n) is 11.1. The first kappa shape index (κ1) is 20.2. The monoisotopic (exact) mass is 427 g/mol. The number of ether oxygens (including phenoxy) is 1. The molecule has 0 saturated carbocycles. The van der Waals surface area contributed by atoms with Crippen molar-refractivity contribution in [3.8, 4) is 0 Å². The molecular weight excluding hydrogens is 398 g/mol. The van der Waals surface area contributed by atoms with E-state index in [1.807, 2.05) is 26.0 Å². The highest BCUT2D eigenvalue weighted by Crippen LogP contribution is 2.51. The summed E-state index contributed by atoms with van der Waals surface area (Å²) in [6.45, 7) is 8.09. The average molecular weight is 428 g/mol. The van der Waals surface area contributed by atoms with Crippen LogP contribution < -0.4 is 15.8 Å². The summed E-state index contributed by atoms with van der Waals surface area (Å²) in [5.74, 6) is -0.377. The first-order chi connectivity index (χ1) is 14.8. The molecule has 5 rings (SSSR count). The molecule has 31 heavy (non-hydrogen) atoms. The van der Waals surface area contributed by atoms with Crippen LogP contribution in [0.2, 0.25) is 0 Å².